The molecule has 0 spiro atoms. The molecule has 7 heteroatoms. The van der Waals surface area contributed by atoms with Crippen molar-refractivity contribution >= 4 is 11.9 Å². The number of hydrogen-bond acceptors (Lipinski definition) is 6. The van der Waals surface area contributed by atoms with E-state index in [0.717, 1.165) is 13.1 Å². The maximum absolute atomic E-state index is 13.1. The SMILES string of the molecule is COc1ccc(/C=C2\Oc3c(ccc(O)c3C[NH+]3CCCCCC3)C2=O)c(OC)c1OC. The molecule has 32 heavy (non-hydrogen) atoms. The van der Waals surface area contributed by atoms with E-state index in [1.807, 2.05) is 0 Å². The summed E-state index contributed by atoms with van der Waals surface area (Å²) >= 11 is 0. The van der Waals surface area contributed by atoms with Gasteiger partial charge in [-0.25, -0.2) is 0 Å². The molecule has 2 N–H and O–H groups in total. The van der Waals surface area contributed by atoms with Crippen molar-refractivity contribution in [2.24, 2.45) is 0 Å². The van der Waals surface area contributed by atoms with Crippen LogP contribution in [0.2, 0.25) is 0 Å². The Morgan fingerprint density at radius 3 is 2.34 bits per heavy atom. The minimum Gasteiger partial charge on any atom is -0.507 e. The molecule has 2 heterocycles. The molecule has 2 aliphatic heterocycles. The van der Waals surface area contributed by atoms with Crippen LogP contribution in [-0.4, -0.2) is 45.3 Å². The van der Waals surface area contributed by atoms with Gasteiger partial charge < -0.3 is 29.0 Å². The summed E-state index contributed by atoms with van der Waals surface area (Å²) in [5, 5.41) is 10.6. The smallest absolute Gasteiger partial charge is 0.231 e. The highest BCUT2D eigenvalue weighted by Gasteiger charge is 2.33. The van der Waals surface area contributed by atoms with Gasteiger partial charge in [-0.1, -0.05) is 0 Å². The number of rotatable bonds is 6. The van der Waals surface area contributed by atoms with Gasteiger partial charge in [0.1, 0.15) is 12.3 Å². The van der Waals surface area contributed by atoms with Crippen molar-refractivity contribution in [3.05, 3.63) is 46.7 Å². The van der Waals surface area contributed by atoms with E-state index in [-0.39, 0.29) is 17.3 Å². The lowest BCUT2D eigenvalue weighted by atomic mass is 10.0. The van der Waals surface area contributed by atoms with E-state index in [9.17, 15) is 9.90 Å². The third kappa shape index (κ3) is 4.12. The predicted octanol–water partition coefficient (Wildman–Crippen LogP) is 2.99. The van der Waals surface area contributed by atoms with Gasteiger partial charge in [0.2, 0.25) is 11.5 Å². The van der Waals surface area contributed by atoms with Gasteiger partial charge in [-0.2, -0.15) is 0 Å². The van der Waals surface area contributed by atoms with E-state index < -0.39 is 0 Å². The van der Waals surface area contributed by atoms with Crippen LogP contribution in [0.15, 0.2) is 30.0 Å². The van der Waals surface area contributed by atoms with E-state index in [1.54, 1.807) is 37.5 Å². The Hall–Kier alpha value is -3.19. The molecule has 1 fully saturated rings. The summed E-state index contributed by atoms with van der Waals surface area (Å²) in [4.78, 5) is 14.5. The van der Waals surface area contributed by atoms with Gasteiger partial charge in [-0.05, 0) is 56.0 Å². The fourth-order valence-corrected chi connectivity index (χ4v) is 4.50. The Balaban J connectivity index is 1.68. The number of Topliss-reactive ketones (excluding diaryl/α,β-unsaturated/α-hetero) is 1. The van der Waals surface area contributed by atoms with Gasteiger partial charge in [0.25, 0.3) is 0 Å². The summed E-state index contributed by atoms with van der Waals surface area (Å²) in [5.74, 6) is 2.00. The number of nitrogens with one attached hydrogen (secondary N) is 1. The number of carbonyl (C=O) groups is 1. The van der Waals surface area contributed by atoms with Crippen molar-refractivity contribution in [1.82, 2.24) is 0 Å². The summed E-state index contributed by atoms with van der Waals surface area (Å²) in [6, 6.07) is 6.75. The molecule has 0 unspecified atom stereocenters. The minimum absolute atomic E-state index is 0.165. The standard InChI is InChI=1S/C25H29NO6/c1-29-20-11-8-16(23(30-2)25(20)31-3)14-21-22(28)17-9-10-19(27)18(24(17)32-21)15-26-12-6-4-5-7-13-26/h8-11,14,27H,4-7,12-13,15H2,1-3H3/p+1/b21-14-. The molecule has 0 aromatic heterocycles. The first-order chi connectivity index (χ1) is 15.6. The molecule has 0 aliphatic carbocycles. The van der Waals surface area contributed by atoms with E-state index >= 15 is 0 Å². The lowest BCUT2D eigenvalue weighted by molar-refractivity contribution is -0.913. The fraction of sp³-hybridized carbons (Fsp3) is 0.400. The molecule has 7 nitrogen and oxygen atoms in total. The Morgan fingerprint density at radius 1 is 0.969 bits per heavy atom. The summed E-state index contributed by atoms with van der Waals surface area (Å²) in [6.07, 6.45) is 6.49. The number of phenolic OH excluding ortho intramolecular Hbond substituents is 1. The highest BCUT2D eigenvalue weighted by molar-refractivity contribution is 6.15. The second kappa shape index (κ2) is 9.53. The Morgan fingerprint density at radius 2 is 1.69 bits per heavy atom. The van der Waals surface area contributed by atoms with Crippen LogP contribution in [0.4, 0.5) is 0 Å². The molecule has 0 bridgehead atoms. The first-order valence-corrected chi connectivity index (χ1v) is 11.0. The number of carbonyl (C=O) groups excluding carboxylic acids is 1. The molecule has 0 amide bonds. The molecule has 0 saturated carbocycles. The molecule has 1 saturated heterocycles. The summed E-state index contributed by atoms with van der Waals surface area (Å²) in [7, 11) is 4.62. The average Bonchev–Trinajstić information content (AvgIpc) is 2.96. The first kappa shape index (κ1) is 22.0. The molecule has 2 aromatic carbocycles. The third-order valence-electron chi connectivity index (χ3n) is 6.17. The number of allylic oxidation sites excluding steroid dienone is 1. The van der Waals surface area contributed by atoms with Gasteiger partial charge in [0.15, 0.2) is 23.0 Å². The topological polar surface area (TPSA) is 78.7 Å². The molecular formula is C25H30NO6+. The lowest BCUT2D eigenvalue weighted by Gasteiger charge is -2.19. The van der Waals surface area contributed by atoms with E-state index in [2.05, 4.69) is 0 Å². The number of quaternary nitrogens is 1. The molecule has 2 aromatic rings. The minimum atomic E-state index is -0.219. The predicted molar refractivity (Wildman–Crippen MR) is 120 cm³/mol. The largest absolute Gasteiger partial charge is 0.507 e. The van der Waals surface area contributed by atoms with E-state index in [1.165, 1.54) is 44.8 Å². The van der Waals surface area contributed by atoms with Crippen LogP contribution < -0.4 is 23.8 Å². The molecular weight excluding hydrogens is 410 g/mol. The fourth-order valence-electron chi connectivity index (χ4n) is 4.50. The van der Waals surface area contributed by atoms with Crippen LogP contribution >= 0.6 is 0 Å². The summed E-state index contributed by atoms with van der Waals surface area (Å²) < 4.78 is 22.3. The Bertz CT molecular complexity index is 1040. The van der Waals surface area contributed by atoms with E-state index in [4.69, 9.17) is 18.9 Å². The number of benzene rings is 2. The maximum Gasteiger partial charge on any atom is 0.231 e. The van der Waals surface area contributed by atoms with Crippen LogP contribution in [0.5, 0.6) is 28.7 Å². The molecule has 2 aliphatic rings. The number of methoxy groups -OCH3 is 3. The van der Waals surface area contributed by atoms with Crippen molar-refractivity contribution in [2.45, 2.75) is 32.2 Å². The highest BCUT2D eigenvalue weighted by Crippen LogP contribution is 2.43. The number of aromatic hydroxyl groups is 1. The Labute approximate surface area is 188 Å². The number of likely N-dealkylation sites (tertiary alicyclic amines) is 1. The average molecular weight is 441 g/mol. The lowest BCUT2D eigenvalue weighted by Crippen LogP contribution is -3.10. The highest BCUT2D eigenvalue weighted by atomic mass is 16.5. The van der Waals surface area contributed by atoms with Crippen molar-refractivity contribution in [3.63, 3.8) is 0 Å². The zero-order chi connectivity index (χ0) is 22.7. The molecule has 170 valence electrons. The number of phenols is 1. The van der Waals surface area contributed by atoms with Crippen molar-refractivity contribution < 1.29 is 33.7 Å². The summed E-state index contributed by atoms with van der Waals surface area (Å²) in [5.41, 5.74) is 1.79. The number of ketones is 1. The zero-order valence-electron chi connectivity index (χ0n) is 18.8. The van der Waals surface area contributed by atoms with Crippen molar-refractivity contribution in [1.29, 1.82) is 0 Å². The van der Waals surface area contributed by atoms with E-state index in [0.29, 0.717) is 46.2 Å². The number of fused-ring (bicyclic) bond motifs is 1. The Kier molecular flexibility index (Phi) is 6.55. The van der Waals surface area contributed by atoms with Crippen LogP contribution in [0.3, 0.4) is 0 Å². The first-order valence-electron chi connectivity index (χ1n) is 11.0. The normalized spacial score (nSPS) is 17.6. The maximum atomic E-state index is 13.1. The monoisotopic (exact) mass is 440 g/mol. The van der Waals surface area contributed by atoms with Gasteiger partial charge in [0, 0.05) is 5.56 Å². The van der Waals surface area contributed by atoms with Gasteiger partial charge in [-0.15, -0.1) is 0 Å². The third-order valence-corrected chi connectivity index (χ3v) is 6.17. The van der Waals surface area contributed by atoms with Gasteiger partial charge in [0.05, 0.1) is 45.5 Å². The number of ether oxygens (including phenoxy) is 4. The van der Waals surface area contributed by atoms with Crippen molar-refractivity contribution in [2.75, 3.05) is 34.4 Å². The van der Waals surface area contributed by atoms with Crippen LogP contribution in [-0.2, 0) is 6.54 Å². The molecule has 4 rings (SSSR count). The van der Waals surface area contributed by atoms with Gasteiger partial charge >= 0.3 is 0 Å². The molecule has 0 radical (unpaired) electrons. The summed E-state index contributed by atoms with van der Waals surface area (Å²) in [6.45, 7) is 2.75. The van der Waals surface area contributed by atoms with Crippen LogP contribution in [0.1, 0.15) is 47.2 Å². The van der Waals surface area contributed by atoms with Crippen molar-refractivity contribution in [3.8, 4) is 28.7 Å². The quantitative estimate of drug-likeness (QED) is 0.673. The second-order valence-electron chi connectivity index (χ2n) is 8.14. The van der Waals surface area contributed by atoms with Crippen LogP contribution in [0.25, 0.3) is 6.08 Å². The molecule has 0 atom stereocenters. The number of hydrogen-bond donors (Lipinski definition) is 2. The van der Waals surface area contributed by atoms with Crippen LogP contribution in [0, 0.1) is 0 Å². The zero-order valence-corrected chi connectivity index (χ0v) is 18.8. The second-order valence-corrected chi connectivity index (χ2v) is 8.14. The van der Waals surface area contributed by atoms with Gasteiger partial charge in [-0.3, -0.25) is 4.79 Å².